The van der Waals surface area contributed by atoms with E-state index in [1.807, 2.05) is 18.2 Å². The fourth-order valence-electron chi connectivity index (χ4n) is 5.52. The summed E-state index contributed by atoms with van der Waals surface area (Å²) in [5.74, 6) is 1.75. The Morgan fingerprint density at radius 2 is 1.82 bits per heavy atom. The molecule has 0 aliphatic heterocycles. The Balaban J connectivity index is 1.62. The lowest BCUT2D eigenvalue weighted by Gasteiger charge is -2.24. The molecule has 6 nitrogen and oxygen atoms in total. The van der Waals surface area contributed by atoms with E-state index in [1.165, 1.54) is 32.1 Å². The third kappa shape index (κ3) is 4.94. The maximum atomic E-state index is 13.4. The first kappa shape index (κ1) is 23.4. The van der Waals surface area contributed by atoms with Crippen molar-refractivity contribution >= 4 is 11.8 Å². The molecule has 0 bridgehead atoms. The quantitative estimate of drug-likeness (QED) is 0.524. The molecular formula is C27H35NO5. The first-order valence-corrected chi connectivity index (χ1v) is 12.2. The van der Waals surface area contributed by atoms with Crippen LogP contribution < -0.4 is 9.47 Å². The number of rotatable bonds is 8. The van der Waals surface area contributed by atoms with Crippen LogP contribution in [-0.2, 0) is 17.6 Å². The molecule has 4 rings (SSSR count). The number of carbonyl (C=O) groups is 2. The van der Waals surface area contributed by atoms with Crippen molar-refractivity contribution in [1.29, 1.82) is 0 Å². The number of aromatic amines is 1. The average molecular weight is 454 g/mol. The van der Waals surface area contributed by atoms with E-state index < -0.39 is 0 Å². The molecule has 33 heavy (non-hydrogen) atoms. The zero-order valence-corrected chi connectivity index (χ0v) is 20.0. The van der Waals surface area contributed by atoms with E-state index in [9.17, 15) is 9.59 Å². The number of ketones is 1. The van der Waals surface area contributed by atoms with E-state index in [2.05, 4.69) is 4.98 Å². The number of hydrogen-bond acceptors (Lipinski definition) is 5. The van der Waals surface area contributed by atoms with Gasteiger partial charge in [0, 0.05) is 17.7 Å². The van der Waals surface area contributed by atoms with Crippen molar-refractivity contribution in [2.45, 2.75) is 70.6 Å². The number of esters is 1. The van der Waals surface area contributed by atoms with E-state index in [0.29, 0.717) is 42.6 Å². The second-order valence-corrected chi connectivity index (χ2v) is 9.24. The maximum absolute atomic E-state index is 13.4. The first-order chi connectivity index (χ1) is 16.0. The predicted molar refractivity (Wildman–Crippen MR) is 127 cm³/mol. The van der Waals surface area contributed by atoms with Crippen LogP contribution in [0.15, 0.2) is 18.2 Å². The van der Waals surface area contributed by atoms with Crippen LogP contribution in [0.3, 0.4) is 0 Å². The highest BCUT2D eigenvalue weighted by atomic mass is 16.5. The lowest BCUT2D eigenvalue weighted by molar-refractivity contribution is 0.0518. The van der Waals surface area contributed by atoms with Gasteiger partial charge in [-0.25, -0.2) is 4.79 Å². The van der Waals surface area contributed by atoms with Crippen molar-refractivity contribution < 1.29 is 23.8 Å². The van der Waals surface area contributed by atoms with Crippen LogP contribution in [0.2, 0.25) is 0 Å². The van der Waals surface area contributed by atoms with Crippen molar-refractivity contribution in [2.24, 2.45) is 5.92 Å². The number of hydrogen-bond donors (Lipinski definition) is 1. The number of fused-ring (bicyclic) bond motifs is 1. The van der Waals surface area contributed by atoms with E-state index in [-0.39, 0.29) is 17.7 Å². The van der Waals surface area contributed by atoms with Crippen LogP contribution in [0.5, 0.6) is 11.5 Å². The summed E-state index contributed by atoms with van der Waals surface area (Å²) in [7, 11) is 3.22. The Bertz CT molecular complexity index is 1000. The van der Waals surface area contributed by atoms with Gasteiger partial charge < -0.3 is 19.2 Å². The number of benzene rings is 1. The number of carbonyl (C=O) groups excluding carboxylic acids is 2. The molecule has 1 saturated carbocycles. The summed E-state index contributed by atoms with van der Waals surface area (Å²) in [5, 5.41) is 0. The zero-order valence-electron chi connectivity index (χ0n) is 20.0. The highest BCUT2D eigenvalue weighted by Gasteiger charge is 2.34. The molecule has 0 amide bonds. The number of methoxy groups -OCH3 is 2. The van der Waals surface area contributed by atoms with Crippen molar-refractivity contribution in [3.8, 4) is 11.5 Å². The Hall–Kier alpha value is -2.76. The molecule has 178 valence electrons. The molecule has 1 aromatic heterocycles. The Labute approximate surface area is 196 Å². The van der Waals surface area contributed by atoms with Gasteiger partial charge in [-0.2, -0.15) is 0 Å². The molecular weight excluding hydrogens is 418 g/mol. The van der Waals surface area contributed by atoms with Crippen LogP contribution in [-0.4, -0.2) is 37.6 Å². The molecule has 1 fully saturated rings. The number of H-pyrrole nitrogens is 1. The van der Waals surface area contributed by atoms with E-state index >= 15 is 0 Å². The minimum atomic E-state index is -0.360. The van der Waals surface area contributed by atoms with Crippen LogP contribution in [0.25, 0.3) is 0 Å². The Kier molecular flexibility index (Phi) is 7.41. The molecule has 1 N–H and O–H groups in total. The van der Waals surface area contributed by atoms with Crippen molar-refractivity contribution in [3.05, 3.63) is 46.3 Å². The SMILES string of the molecule is CCOC(=O)c1[nH]c2c(c1CCC1CCCCC1)C(=O)CC(c1ccc(OC)c(OC)c1)C2. The molecule has 0 radical (unpaired) electrons. The monoisotopic (exact) mass is 453 g/mol. The van der Waals surface area contributed by atoms with E-state index in [4.69, 9.17) is 14.2 Å². The van der Waals surface area contributed by atoms with Gasteiger partial charge in [0.2, 0.25) is 0 Å². The molecule has 2 aliphatic carbocycles. The van der Waals surface area contributed by atoms with Crippen molar-refractivity contribution in [2.75, 3.05) is 20.8 Å². The lowest BCUT2D eigenvalue weighted by atomic mass is 9.79. The molecule has 0 spiro atoms. The number of nitrogens with one attached hydrogen (secondary N) is 1. The van der Waals surface area contributed by atoms with Gasteiger partial charge in [0.25, 0.3) is 0 Å². The van der Waals surface area contributed by atoms with Gasteiger partial charge in [0.15, 0.2) is 17.3 Å². The fraction of sp³-hybridized carbons (Fsp3) is 0.556. The number of Topliss-reactive ketones (excluding diaryl/α,β-unsaturated/α-hetero) is 1. The average Bonchev–Trinajstić information content (AvgIpc) is 3.22. The highest BCUT2D eigenvalue weighted by Crippen LogP contribution is 2.39. The fourth-order valence-corrected chi connectivity index (χ4v) is 5.52. The van der Waals surface area contributed by atoms with Crippen molar-refractivity contribution in [1.82, 2.24) is 4.98 Å². The molecule has 2 aromatic rings. The molecule has 1 unspecified atom stereocenters. The molecule has 0 saturated heterocycles. The number of aromatic nitrogens is 1. The van der Waals surface area contributed by atoms with Crippen LogP contribution >= 0.6 is 0 Å². The summed E-state index contributed by atoms with van der Waals surface area (Å²) in [6.45, 7) is 2.12. The number of ether oxygens (including phenoxy) is 3. The summed E-state index contributed by atoms with van der Waals surface area (Å²) >= 11 is 0. The third-order valence-electron chi connectivity index (χ3n) is 7.23. The van der Waals surface area contributed by atoms with Crippen molar-refractivity contribution in [3.63, 3.8) is 0 Å². The minimum absolute atomic E-state index is 0.0182. The summed E-state index contributed by atoms with van der Waals surface area (Å²) in [4.78, 5) is 29.4. The molecule has 1 heterocycles. The summed E-state index contributed by atoms with van der Waals surface area (Å²) in [6.07, 6.45) is 9.23. The van der Waals surface area contributed by atoms with Gasteiger partial charge in [0.05, 0.1) is 20.8 Å². The molecule has 1 atom stereocenters. The second kappa shape index (κ2) is 10.4. The summed E-state index contributed by atoms with van der Waals surface area (Å²) in [5.41, 5.74) is 3.95. The van der Waals surface area contributed by atoms with Gasteiger partial charge in [0.1, 0.15) is 5.69 Å². The van der Waals surface area contributed by atoms with E-state index in [1.54, 1.807) is 21.1 Å². The van der Waals surface area contributed by atoms with Crippen LogP contribution in [0, 0.1) is 5.92 Å². The lowest BCUT2D eigenvalue weighted by Crippen LogP contribution is -2.19. The van der Waals surface area contributed by atoms with Gasteiger partial charge in [-0.05, 0) is 61.3 Å². The van der Waals surface area contributed by atoms with Gasteiger partial charge in [-0.1, -0.05) is 38.2 Å². The van der Waals surface area contributed by atoms with Crippen LogP contribution in [0.4, 0.5) is 0 Å². The Morgan fingerprint density at radius 1 is 1.06 bits per heavy atom. The Morgan fingerprint density at radius 3 is 2.52 bits per heavy atom. The summed E-state index contributed by atoms with van der Waals surface area (Å²) < 4.78 is 16.1. The first-order valence-electron chi connectivity index (χ1n) is 12.2. The standard InChI is InChI=1S/C27H35NO5/c1-4-33-27(30)26-20(12-10-17-8-6-5-7-9-17)25-21(28-26)14-19(15-22(25)29)18-11-13-23(31-2)24(16-18)32-3/h11,13,16-17,19,28H,4-10,12,14-15H2,1-3H3. The molecule has 2 aliphatic rings. The zero-order chi connectivity index (χ0) is 23.4. The van der Waals surface area contributed by atoms with Gasteiger partial charge in [-0.3, -0.25) is 4.79 Å². The summed E-state index contributed by atoms with van der Waals surface area (Å²) in [6, 6.07) is 5.81. The predicted octanol–water partition coefficient (Wildman–Crippen LogP) is 5.63. The van der Waals surface area contributed by atoms with Gasteiger partial charge >= 0.3 is 5.97 Å². The minimum Gasteiger partial charge on any atom is -0.493 e. The topological polar surface area (TPSA) is 77.6 Å². The third-order valence-corrected chi connectivity index (χ3v) is 7.23. The molecule has 6 heteroatoms. The van der Waals surface area contributed by atoms with E-state index in [0.717, 1.165) is 35.2 Å². The normalized spacial score (nSPS) is 18.6. The molecule has 1 aromatic carbocycles. The smallest absolute Gasteiger partial charge is 0.355 e. The second-order valence-electron chi connectivity index (χ2n) is 9.24. The van der Waals surface area contributed by atoms with Crippen LogP contribution in [0.1, 0.15) is 95.5 Å². The highest BCUT2D eigenvalue weighted by molar-refractivity contribution is 6.04. The maximum Gasteiger partial charge on any atom is 0.355 e. The van der Waals surface area contributed by atoms with Gasteiger partial charge in [-0.15, -0.1) is 0 Å². The largest absolute Gasteiger partial charge is 0.493 e.